The Bertz CT molecular complexity index is 5220. The number of hydrogen-bond donors (Lipinski definition) is 0. The zero-order valence-electron chi connectivity index (χ0n) is 46.2. The Morgan fingerprint density at radius 3 is 1.26 bits per heavy atom. The summed E-state index contributed by atoms with van der Waals surface area (Å²) in [7, 11) is 0. The van der Waals surface area contributed by atoms with Crippen LogP contribution < -0.4 is 63.9 Å². The number of para-hydroxylation sites is 2. The first-order chi connectivity index (χ1) is 42.2. The average Bonchev–Trinajstić information content (AvgIpc) is 1.74. The molecule has 0 saturated heterocycles. The number of anilines is 9. The standard InChI is InChI=1S/C78H47B3N4/c1-5-18-48(19-6-1)52-32-36-56(37-33-52)82-68-41-35-54(50-22-9-3-10-23-50)46-63(68)79-59-26-13-15-28-66(59)84-69-30-17-31-70-73(69)81(61-38-42-71(82)74(79)77(61)84)62-39-43-72-75-78(62)85(70)67-29-16-14-27-60(67)80(75)64-47-55(51-24-11-4-12-25-51)45-58-57-44-53(49-20-7-2-8-21-49)34-40-65(57)83(72)76(58)64/h1-47H. The molecule has 7 heteroatoms. The van der Waals surface area contributed by atoms with Gasteiger partial charge in [-0.25, -0.2) is 0 Å². The molecule has 1 aromatic heterocycles. The van der Waals surface area contributed by atoms with Gasteiger partial charge in [-0.1, -0.05) is 212 Å². The van der Waals surface area contributed by atoms with Crippen LogP contribution in [0.3, 0.4) is 0 Å². The molecule has 0 aliphatic carbocycles. The summed E-state index contributed by atoms with van der Waals surface area (Å²) < 4.78 is 2.63. The van der Waals surface area contributed by atoms with Crippen molar-refractivity contribution >= 4 is 142 Å². The molecule has 85 heavy (non-hydrogen) atoms. The Morgan fingerprint density at radius 2 is 0.635 bits per heavy atom. The highest BCUT2D eigenvalue weighted by Gasteiger charge is 2.53. The van der Waals surface area contributed by atoms with Crippen LogP contribution in [0.25, 0.3) is 72.0 Å². The molecule has 13 aromatic carbocycles. The Morgan fingerprint density at radius 1 is 0.224 bits per heavy atom. The monoisotopic (exact) mass is 1070 g/mol. The van der Waals surface area contributed by atoms with E-state index in [0.29, 0.717) is 0 Å². The van der Waals surface area contributed by atoms with E-state index in [1.54, 1.807) is 0 Å². The van der Waals surface area contributed by atoms with E-state index in [4.69, 9.17) is 0 Å². The summed E-state index contributed by atoms with van der Waals surface area (Å²) in [6.07, 6.45) is 0. The Labute approximate surface area is 494 Å². The molecule has 6 aliphatic rings. The molecule has 20 rings (SSSR count). The molecule has 7 heterocycles. The van der Waals surface area contributed by atoms with E-state index >= 15 is 0 Å². The van der Waals surface area contributed by atoms with Crippen molar-refractivity contribution in [3.05, 3.63) is 285 Å². The van der Waals surface area contributed by atoms with E-state index in [1.165, 1.54) is 167 Å². The maximum atomic E-state index is 2.67. The van der Waals surface area contributed by atoms with Crippen LogP contribution in [0.4, 0.5) is 51.2 Å². The maximum Gasteiger partial charge on any atom is 0.252 e. The fourth-order valence-corrected chi connectivity index (χ4v) is 16.3. The lowest BCUT2D eigenvalue weighted by molar-refractivity contribution is 1.18. The third-order valence-corrected chi connectivity index (χ3v) is 19.7. The predicted molar refractivity (Wildman–Crippen MR) is 361 cm³/mol. The van der Waals surface area contributed by atoms with Crippen molar-refractivity contribution in [3.8, 4) is 50.2 Å². The molecule has 4 nitrogen and oxygen atoms in total. The van der Waals surface area contributed by atoms with Crippen LogP contribution in [-0.2, 0) is 0 Å². The van der Waals surface area contributed by atoms with Crippen molar-refractivity contribution in [1.82, 2.24) is 4.57 Å². The van der Waals surface area contributed by atoms with Crippen LogP contribution in [0.2, 0.25) is 0 Å². The average molecular weight is 1070 g/mol. The molecule has 0 N–H and O–H groups in total. The SMILES string of the molecule is c1ccc(-c2ccc(N3c4ccc(-c5ccccc5)cc4B4c5ccccc5N5c6cccc7c6B(c6ccc3c4c65)c3ccc4c5c3N7c3ccccc3B5c3cc(-c5ccccc5)cc5c6cc(-c7ccccc7)ccc6n-4c35)cc2)cc1. The topological polar surface area (TPSA) is 14.7 Å². The van der Waals surface area contributed by atoms with Gasteiger partial charge >= 0.3 is 0 Å². The molecule has 0 atom stereocenters. The summed E-state index contributed by atoms with van der Waals surface area (Å²) in [6, 6.07) is 108. The molecule has 14 aromatic rings. The molecular weight excluding hydrogens is 1030 g/mol. The second kappa shape index (κ2) is 16.9. The molecule has 0 radical (unpaired) electrons. The van der Waals surface area contributed by atoms with Crippen molar-refractivity contribution in [2.45, 2.75) is 0 Å². The van der Waals surface area contributed by atoms with Gasteiger partial charge in [-0.2, -0.15) is 0 Å². The van der Waals surface area contributed by atoms with Gasteiger partial charge in [0, 0.05) is 73.2 Å². The van der Waals surface area contributed by atoms with Crippen LogP contribution in [0.5, 0.6) is 0 Å². The molecule has 388 valence electrons. The minimum atomic E-state index is -0.0568. The van der Waals surface area contributed by atoms with Crippen LogP contribution in [-0.4, -0.2) is 24.7 Å². The number of rotatable bonds is 5. The van der Waals surface area contributed by atoms with E-state index in [2.05, 4.69) is 304 Å². The van der Waals surface area contributed by atoms with E-state index in [0.717, 1.165) is 5.69 Å². The summed E-state index contributed by atoms with van der Waals surface area (Å²) in [4.78, 5) is 7.89. The highest BCUT2D eigenvalue weighted by molar-refractivity contribution is 7.06. The summed E-state index contributed by atoms with van der Waals surface area (Å²) in [5.74, 6) is 0. The smallest absolute Gasteiger partial charge is 0.252 e. The second-order valence-corrected chi connectivity index (χ2v) is 23.8. The number of hydrogen-bond acceptors (Lipinski definition) is 3. The summed E-state index contributed by atoms with van der Waals surface area (Å²) in [5, 5.41) is 2.56. The number of nitrogens with zero attached hydrogens (tertiary/aromatic N) is 4. The van der Waals surface area contributed by atoms with Crippen LogP contribution >= 0.6 is 0 Å². The molecular formula is C78H47B3N4. The quantitative estimate of drug-likeness (QED) is 0.160. The molecule has 6 aliphatic heterocycles. The second-order valence-electron chi connectivity index (χ2n) is 23.8. The van der Waals surface area contributed by atoms with Gasteiger partial charge in [0.2, 0.25) is 0 Å². The molecule has 0 unspecified atom stereocenters. The normalized spacial score (nSPS) is 13.7. The number of fused-ring (bicyclic) bond motifs is 17. The fourth-order valence-electron chi connectivity index (χ4n) is 16.3. The Balaban J connectivity index is 0.863. The lowest BCUT2D eigenvalue weighted by Crippen LogP contribution is -2.70. The van der Waals surface area contributed by atoms with Crippen molar-refractivity contribution in [2.75, 3.05) is 14.7 Å². The first-order valence-corrected chi connectivity index (χ1v) is 29.8. The highest BCUT2D eigenvalue weighted by Crippen LogP contribution is 2.50. The zero-order chi connectivity index (χ0) is 55.2. The summed E-state index contributed by atoms with van der Waals surface area (Å²) in [6.45, 7) is -0.103. The van der Waals surface area contributed by atoms with Crippen molar-refractivity contribution in [3.63, 3.8) is 0 Å². The van der Waals surface area contributed by atoms with Gasteiger partial charge in [0.1, 0.15) is 0 Å². The van der Waals surface area contributed by atoms with Crippen LogP contribution in [0.15, 0.2) is 285 Å². The number of aromatic nitrogens is 1. The van der Waals surface area contributed by atoms with Gasteiger partial charge in [-0.3, -0.25) is 0 Å². The van der Waals surface area contributed by atoms with E-state index < -0.39 is 0 Å². The summed E-state index contributed by atoms with van der Waals surface area (Å²) >= 11 is 0. The number of benzene rings is 13. The van der Waals surface area contributed by atoms with Gasteiger partial charge in [0.05, 0.1) is 5.52 Å². The maximum absolute atomic E-state index is 2.67. The fraction of sp³-hybridized carbons (Fsp3) is 0. The van der Waals surface area contributed by atoms with Crippen molar-refractivity contribution in [1.29, 1.82) is 0 Å². The van der Waals surface area contributed by atoms with Gasteiger partial charge in [0.25, 0.3) is 20.1 Å². The minimum Gasteiger partial charge on any atom is -0.312 e. The lowest BCUT2D eigenvalue weighted by atomic mass is 9.27. The van der Waals surface area contributed by atoms with E-state index in [1.807, 2.05) is 0 Å². The third-order valence-electron chi connectivity index (χ3n) is 19.7. The minimum absolute atomic E-state index is 0.0194. The van der Waals surface area contributed by atoms with Gasteiger partial charge in [-0.15, -0.1) is 0 Å². The van der Waals surface area contributed by atoms with Crippen molar-refractivity contribution in [2.24, 2.45) is 0 Å². The van der Waals surface area contributed by atoms with Crippen molar-refractivity contribution < 1.29 is 0 Å². The molecule has 0 bridgehead atoms. The largest absolute Gasteiger partial charge is 0.312 e. The summed E-state index contributed by atoms with van der Waals surface area (Å²) in [5.41, 5.74) is 36.8. The van der Waals surface area contributed by atoms with Gasteiger partial charge in [-0.05, 0) is 166 Å². The molecule has 0 saturated carbocycles. The van der Waals surface area contributed by atoms with E-state index in [-0.39, 0.29) is 20.1 Å². The first-order valence-electron chi connectivity index (χ1n) is 29.8. The van der Waals surface area contributed by atoms with E-state index in [9.17, 15) is 0 Å². The van der Waals surface area contributed by atoms with Crippen LogP contribution in [0.1, 0.15) is 0 Å². The Hall–Kier alpha value is -10.7. The molecule has 0 fully saturated rings. The third kappa shape index (κ3) is 6.08. The highest BCUT2D eigenvalue weighted by atomic mass is 15.2. The molecule has 0 amide bonds. The Kier molecular flexibility index (Phi) is 9.13. The predicted octanol–water partition coefficient (Wildman–Crippen LogP) is 13.3. The first kappa shape index (κ1) is 45.8. The van der Waals surface area contributed by atoms with Gasteiger partial charge in [0.15, 0.2) is 0 Å². The van der Waals surface area contributed by atoms with Crippen LogP contribution in [0, 0.1) is 0 Å². The van der Waals surface area contributed by atoms with Gasteiger partial charge < -0.3 is 19.3 Å². The zero-order valence-corrected chi connectivity index (χ0v) is 46.2. The molecule has 0 spiro atoms. The lowest BCUT2D eigenvalue weighted by Gasteiger charge is -2.51.